The van der Waals surface area contributed by atoms with E-state index in [2.05, 4.69) is 15.0 Å². The second-order valence-corrected chi connectivity index (χ2v) is 5.99. The van der Waals surface area contributed by atoms with Crippen molar-refractivity contribution in [1.82, 2.24) is 33.6 Å². The summed E-state index contributed by atoms with van der Waals surface area (Å²) in [4.78, 5) is 50.9. The van der Waals surface area contributed by atoms with Gasteiger partial charge >= 0.3 is 5.69 Å². The van der Waals surface area contributed by atoms with E-state index in [0.29, 0.717) is 13.1 Å². The van der Waals surface area contributed by atoms with Crippen molar-refractivity contribution < 1.29 is 4.79 Å². The van der Waals surface area contributed by atoms with Gasteiger partial charge in [-0.05, 0) is 0 Å². The lowest BCUT2D eigenvalue weighted by Crippen LogP contribution is -2.38. The SMILES string of the molecule is Cn1c(=O)c2c(ncn2CC(=O)N2Cc3cncnc3C2)n(C)c1=O. The minimum Gasteiger partial charge on any atom is -0.331 e. The topological polar surface area (TPSA) is 108 Å². The van der Waals surface area contributed by atoms with Crippen molar-refractivity contribution in [2.45, 2.75) is 19.6 Å². The third-order valence-corrected chi connectivity index (χ3v) is 4.46. The van der Waals surface area contributed by atoms with Gasteiger partial charge in [-0.2, -0.15) is 0 Å². The fourth-order valence-electron chi connectivity index (χ4n) is 3.04. The van der Waals surface area contributed by atoms with Crippen molar-refractivity contribution in [3.8, 4) is 0 Å². The van der Waals surface area contributed by atoms with E-state index in [1.54, 1.807) is 18.1 Å². The Kier molecular flexibility index (Phi) is 3.27. The molecule has 0 saturated heterocycles. The average molecular weight is 341 g/mol. The van der Waals surface area contributed by atoms with E-state index in [9.17, 15) is 14.4 Å². The number of nitrogens with zero attached hydrogens (tertiary/aromatic N) is 7. The normalized spacial score (nSPS) is 13.4. The van der Waals surface area contributed by atoms with Crippen LogP contribution in [0.4, 0.5) is 0 Å². The lowest BCUT2D eigenvalue weighted by atomic mass is 10.3. The van der Waals surface area contributed by atoms with E-state index < -0.39 is 11.2 Å². The van der Waals surface area contributed by atoms with Gasteiger partial charge in [0.25, 0.3) is 5.56 Å². The first-order valence-corrected chi connectivity index (χ1v) is 7.63. The minimum atomic E-state index is -0.473. The fraction of sp³-hybridized carbons (Fsp3) is 0.333. The first-order valence-electron chi connectivity index (χ1n) is 7.63. The van der Waals surface area contributed by atoms with Crippen molar-refractivity contribution in [3.63, 3.8) is 0 Å². The van der Waals surface area contributed by atoms with E-state index >= 15 is 0 Å². The van der Waals surface area contributed by atoms with Gasteiger partial charge < -0.3 is 9.47 Å². The molecule has 3 aromatic heterocycles. The summed E-state index contributed by atoms with van der Waals surface area (Å²) in [6.07, 6.45) is 4.57. The molecule has 25 heavy (non-hydrogen) atoms. The smallest absolute Gasteiger partial charge is 0.331 e. The Morgan fingerprint density at radius 1 is 1.16 bits per heavy atom. The highest BCUT2D eigenvalue weighted by molar-refractivity contribution is 5.79. The average Bonchev–Trinajstić information content (AvgIpc) is 3.22. The molecule has 1 aliphatic heterocycles. The number of rotatable bonds is 2. The molecule has 0 unspecified atom stereocenters. The lowest BCUT2D eigenvalue weighted by molar-refractivity contribution is -0.132. The van der Waals surface area contributed by atoms with E-state index in [1.165, 1.54) is 28.8 Å². The van der Waals surface area contributed by atoms with Crippen molar-refractivity contribution in [2.75, 3.05) is 0 Å². The molecule has 0 bridgehead atoms. The quantitative estimate of drug-likeness (QED) is 0.577. The molecule has 0 spiro atoms. The fourth-order valence-corrected chi connectivity index (χ4v) is 3.04. The molecule has 0 radical (unpaired) electrons. The van der Waals surface area contributed by atoms with Crippen LogP contribution in [0.15, 0.2) is 28.4 Å². The summed E-state index contributed by atoms with van der Waals surface area (Å²) in [6, 6.07) is 0. The van der Waals surface area contributed by atoms with Crippen LogP contribution >= 0.6 is 0 Å². The third-order valence-electron chi connectivity index (χ3n) is 4.46. The van der Waals surface area contributed by atoms with Crippen LogP contribution in [0.25, 0.3) is 11.2 Å². The summed E-state index contributed by atoms with van der Waals surface area (Å²) in [5, 5.41) is 0. The Morgan fingerprint density at radius 2 is 1.96 bits per heavy atom. The van der Waals surface area contributed by atoms with Gasteiger partial charge in [-0.15, -0.1) is 0 Å². The molecule has 10 nitrogen and oxygen atoms in total. The number of hydrogen-bond donors (Lipinski definition) is 0. The largest absolute Gasteiger partial charge is 0.332 e. The van der Waals surface area contributed by atoms with Gasteiger partial charge in [0.15, 0.2) is 11.2 Å². The molecule has 1 amide bonds. The zero-order valence-electron chi connectivity index (χ0n) is 13.7. The number of aromatic nitrogens is 6. The molecule has 3 aromatic rings. The van der Waals surface area contributed by atoms with Gasteiger partial charge in [0.2, 0.25) is 5.91 Å². The minimum absolute atomic E-state index is 0.0363. The Balaban J connectivity index is 1.67. The second-order valence-electron chi connectivity index (χ2n) is 5.99. The molecule has 10 heteroatoms. The van der Waals surface area contributed by atoms with E-state index in [-0.39, 0.29) is 23.6 Å². The summed E-state index contributed by atoms with van der Waals surface area (Å²) in [7, 11) is 2.94. The molecule has 1 aliphatic rings. The number of carbonyl (C=O) groups excluding carboxylic acids is 1. The molecule has 0 N–H and O–H groups in total. The number of aryl methyl sites for hydroxylation is 1. The summed E-state index contributed by atoms with van der Waals surface area (Å²) in [6.45, 7) is 0.823. The first-order chi connectivity index (χ1) is 12.0. The zero-order valence-corrected chi connectivity index (χ0v) is 13.7. The van der Waals surface area contributed by atoms with Crippen LogP contribution in [-0.4, -0.2) is 39.5 Å². The van der Waals surface area contributed by atoms with Crippen LogP contribution in [0.2, 0.25) is 0 Å². The molecule has 128 valence electrons. The zero-order chi connectivity index (χ0) is 17.7. The predicted molar refractivity (Wildman–Crippen MR) is 86.5 cm³/mol. The maximum atomic E-state index is 12.6. The van der Waals surface area contributed by atoms with Gasteiger partial charge in [-0.1, -0.05) is 0 Å². The van der Waals surface area contributed by atoms with E-state index in [0.717, 1.165) is 15.8 Å². The van der Waals surface area contributed by atoms with Crippen molar-refractivity contribution in [1.29, 1.82) is 0 Å². The van der Waals surface area contributed by atoms with Crippen LogP contribution in [0.1, 0.15) is 11.3 Å². The number of imidazole rings is 1. The van der Waals surface area contributed by atoms with Gasteiger partial charge in [-0.3, -0.25) is 18.7 Å². The number of amides is 1. The molecule has 4 rings (SSSR count). The maximum Gasteiger partial charge on any atom is 0.332 e. The molecule has 4 heterocycles. The van der Waals surface area contributed by atoms with E-state index in [1.807, 2.05) is 0 Å². The molecular weight excluding hydrogens is 326 g/mol. The molecule has 0 fully saturated rings. The highest BCUT2D eigenvalue weighted by Crippen LogP contribution is 2.20. The monoisotopic (exact) mass is 341 g/mol. The van der Waals surface area contributed by atoms with Crippen molar-refractivity contribution in [3.05, 3.63) is 50.9 Å². The first kappa shape index (κ1) is 15.2. The Morgan fingerprint density at radius 3 is 2.72 bits per heavy atom. The molecule has 0 atom stereocenters. The summed E-state index contributed by atoms with van der Waals surface area (Å²) >= 11 is 0. The Bertz CT molecular complexity index is 1100. The Hall–Kier alpha value is -3.30. The van der Waals surface area contributed by atoms with Crippen molar-refractivity contribution in [2.24, 2.45) is 14.1 Å². The van der Waals surface area contributed by atoms with Crippen LogP contribution in [-0.2, 0) is 38.5 Å². The number of fused-ring (bicyclic) bond motifs is 2. The third kappa shape index (κ3) is 2.25. The molecule has 0 aromatic carbocycles. The molecular formula is C15H15N7O3. The van der Waals surface area contributed by atoms with Gasteiger partial charge in [-0.25, -0.2) is 19.7 Å². The standard InChI is InChI=1S/C15H15N7O3/c1-19-13-12(14(24)20(2)15(19)25)22(8-18-13)6-11(23)21-4-9-3-16-7-17-10(9)5-21/h3,7-8H,4-6H2,1-2H3. The van der Waals surface area contributed by atoms with Gasteiger partial charge in [0.05, 0.1) is 18.6 Å². The van der Waals surface area contributed by atoms with Crippen LogP contribution < -0.4 is 11.2 Å². The maximum absolute atomic E-state index is 12.6. The van der Waals surface area contributed by atoms with E-state index in [4.69, 9.17) is 0 Å². The number of hydrogen-bond acceptors (Lipinski definition) is 6. The predicted octanol–water partition coefficient (Wildman–Crippen LogP) is -1.23. The molecule has 0 aliphatic carbocycles. The summed E-state index contributed by atoms with van der Waals surface area (Å²) in [5.41, 5.74) is 1.31. The van der Waals surface area contributed by atoms with Crippen LogP contribution in [0, 0.1) is 0 Å². The highest BCUT2D eigenvalue weighted by atomic mass is 16.2. The lowest BCUT2D eigenvalue weighted by Gasteiger charge is -2.15. The van der Waals surface area contributed by atoms with Gasteiger partial charge in [0, 0.05) is 32.4 Å². The van der Waals surface area contributed by atoms with Gasteiger partial charge in [0.1, 0.15) is 12.9 Å². The van der Waals surface area contributed by atoms with Crippen molar-refractivity contribution >= 4 is 17.1 Å². The summed E-state index contributed by atoms with van der Waals surface area (Å²) in [5.74, 6) is -0.159. The second kappa shape index (κ2) is 5.36. The molecule has 0 saturated carbocycles. The highest BCUT2D eigenvalue weighted by Gasteiger charge is 2.25. The van der Waals surface area contributed by atoms with Crippen LogP contribution in [0.3, 0.4) is 0 Å². The summed E-state index contributed by atoms with van der Waals surface area (Å²) < 4.78 is 3.78. The number of carbonyl (C=O) groups is 1. The van der Waals surface area contributed by atoms with Crippen LogP contribution in [0.5, 0.6) is 0 Å². The Labute approximate surface area is 141 Å².